The highest BCUT2D eigenvalue weighted by Crippen LogP contribution is 2.45. The van der Waals surface area contributed by atoms with Crippen LogP contribution < -0.4 is 0 Å². The average molecular weight is 453 g/mol. The van der Waals surface area contributed by atoms with Crippen LogP contribution in [0.15, 0.2) is 36.0 Å². The lowest BCUT2D eigenvalue weighted by molar-refractivity contribution is 0.173. The Kier molecular flexibility index (Phi) is 10.4. The topological polar surface area (TPSA) is 0 Å². The maximum Gasteiger partial charge on any atom is -0.0180 e. The zero-order valence-electron chi connectivity index (χ0n) is 23.2. The summed E-state index contributed by atoms with van der Waals surface area (Å²) < 4.78 is 0. The van der Waals surface area contributed by atoms with Crippen molar-refractivity contribution >= 4 is 0 Å². The highest BCUT2D eigenvalue weighted by molar-refractivity contribution is 5.13. The summed E-state index contributed by atoms with van der Waals surface area (Å²) in [5.74, 6) is 8.29. The smallest absolute Gasteiger partial charge is 0.0180 e. The fourth-order valence-electron chi connectivity index (χ4n) is 7.48. The van der Waals surface area contributed by atoms with Crippen molar-refractivity contribution in [3.63, 3.8) is 0 Å². The molecule has 0 saturated carbocycles. The molecule has 0 fully saturated rings. The minimum atomic E-state index is 0.790. The van der Waals surface area contributed by atoms with Gasteiger partial charge in [-0.3, -0.25) is 0 Å². The molecule has 0 amide bonds. The van der Waals surface area contributed by atoms with Crippen molar-refractivity contribution in [1.29, 1.82) is 0 Å². The lowest BCUT2D eigenvalue weighted by Gasteiger charge is -2.40. The van der Waals surface area contributed by atoms with Gasteiger partial charge in [0, 0.05) is 0 Å². The Labute approximate surface area is 207 Å². The lowest BCUT2D eigenvalue weighted by atomic mass is 9.65. The van der Waals surface area contributed by atoms with Gasteiger partial charge in [0.2, 0.25) is 0 Å². The Morgan fingerprint density at radius 3 is 2.06 bits per heavy atom. The maximum atomic E-state index is 2.73. The first-order chi connectivity index (χ1) is 15.8. The maximum absolute atomic E-state index is 2.73. The van der Waals surface area contributed by atoms with E-state index in [4.69, 9.17) is 0 Å². The van der Waals surface area contributed by atoms with E-state index in [1.54, 1.807) is 5.57 Å². The van der Waals surface area contributed by atoms with Gasteiger partial charge in [-0.15, -0.1) is 0 Å². The van der Waals surface area contributed by atoms with E-state index in [1.807, 2.05) is 0 Å². The molecule has 3 aliphatic rings. The van der Waals surface area contributed by atoms with Crippen molar-refractivity contribution in [3.8, 4) is 0 Å². The molecule has 0 bridgehead atoms. The monoisotopic (exact) mass is 452 g/mol. The van der Waals surface area contributed by atoms with Gasteiger partial charge in [0.1, 0.15) is 0 Å². The normalized spacial score (nSPS) is 37.4. The molecule has 0 aromatic rings. The highest BCUT2D eigenvalue weighted by atomic mass is 14.4. The molecule has 10 atom stereocenters. The van der Waals surface area contributed by atoms with Gasteiger partial charge in [-0.2, -0.15) is 0 Å². The molecule has 0 aliphatic heterocycles. The van der Waals surface area contributed by atoms with Crippen LogP contribution in [-0.4, -0.2) is 0 Å². The van der Waals surface area contributed by atoms with E-state index in [-0.39, 0.29) is 0 Å². The van der Waals surface area contributed by atoms with E-state index in [0.717, 1.165) is 59.2 Å². The molecule has 0 radical (unpaired) electrons. The summed E-state index contributed by atoms with van der Waals surface area (Å²) in [5, 5.41) is 0. The van der Waals surface area contributed by atoms with Crippen LogP contribution in [0.3, 0.4) is 0 Å². The largest absolute Gasteiger partial charge is 0.0854 e. The van der Waals surface area contributed by atoms with Gasteiger partial charge in [-0.1, -0.05) is 83.9 Å². The third-order valence-electron chi connectivity index (χ3n) is 10.1. The Balaban J connectivity index is 1.65. The molecule has 188 valence electrons. The molecular formula is C33H56. The Hall–Kier alpha value is -0.780. The summed E-state index contributed by atoms with van der Waals surface area (Å²) >= 11 is 0. The van der Waals surface area contributed by atoms with E-state index >= 15 is 0 Å². The third kappa shape index (κ3) is 7.60. The summed E-state index contributed by atoms with van der Waals surface area (Å²) in [6.45, 7) is 17.2. The fraction of sp³-hybridized carbons (Fsp3) is 0.818. The van der Waals surface area contributed by atoms with Crippen LogP contribution in [0, 0.1) is 59.2 Å². The first-order valence-electron chi connectivity index (χ1n) is 14.8. The minimum Gasteiger partial charge on any atom is -0.0854 e. The average Bonchev–Trinajstić information content (AvgIpc) is 2.80. The quantitative estimate of drug-likeness (QED) is 0.289. The second-order valence-corrected chi connectivity index (χ2v) is 12.8. The molecule has 0 heterocycles. The molecule has 0 aromatic heterocycles. The minimum absolute atomic E-state index is 0.790. The first kappa shape index (κ1) is 26.8. The van der Waals surface area contributed by atoms with Gasteiger partial charge < -0.3 is 0 Å². The molecule has 0 nitrogen and oxygen atoms in total. The van der Waals surface area contributed by atoms with Gasteiger partial charge in [0.05, 0.1) is 0 Å². The van der Waals surface area contributed by atoms with Crippen molar-refractivity contribution < 1.29 is 0 Å². The summed E-state index contributed by atoms with van der Waals surface area (Å²) in [6.07, 6.45) is 26.8. The fourth-order valence-corrected chi connectivity index (χ4v) is 7.48. The summed E-state index contributed by atoms with van der Waals surface area (Å²) in [7, 11) is 0. The molecule has 0 heteroatoms. The third-order valence-corrected chi connectivity index (χ3v) is 10.1. The van der Waals surface area contributed by atoms with Crippen LogP contribution >= 0.6 is 0 Å². The van der Waals surface area contributed by atoms with E-state index < -0.39 is 0 Å². The predicted molar refractivity (Wildman–Crippen MR) is 147 cm³/mol. The lowest BCUT2D eigenvalue weighted by Crippen LogP contribution is -2.30. The number of rotatable bonds is 10. The van der Waals surface area contributed by atoms with Crippen molar-refractivity contribution in [2.24, 2.45) is 59.2 Å². The van der Waals surface area contributed by atoms with Crippen LogP contribution in [0.2, 0.25) is 0 Å². The standard InChI is InChI=1S/C33H56/c1-8-25(5)30(20-28-14-10-23(3)11-15-28)18-26(6)31-19-27(7)33(9-2)32(22-31)21-29-16-12-24(4)13-17-29/h10,12,14,16,19,23-26,28-33H,8-9,11,13,15,17-18,20-22H2,1-7H3. The molecule has 3 aliphatic carbocycles. The molecule has 0 N–H and O–H groups in total. The summed E-state index contributed by atoms with van der Waals surface area (Å²) in [6, 6.07) is 0. The molecule has 0 spiro atoms. The Bertz CT molecular complexity index is 666. The molecular weight excluding hydrogens is 396 g/mol. The van der Waals surface area contributed by atoms with Crippen molar-refractivity contribution in [3.05, 3.63) is 36.0 Å². The van der Waals surface area contributed by atoms with Gasteiger partial charge in [-0.05, 0) is 124 Å². The molecule has 3 rings (SSSR count). The van der Waals surface area contributed by atoms with Crippen molar-refractivity contribution in [1.82, 2.24) is 0 Å². The van der Waals surface area contributed by atoms with Crippen molar-refractivity contribution in [2.45, 2.75) is 113 Å². The van der Waals surface area contributed by atoms with Crippen LogP contribution in [0.4, 0.5) is 0 Å². The van der Waals surface area contributed by atoms with Gasteiger partial charge in [-0.25, -0.2) is 0 Å². The van der Waals surface area contributed by atoms with Gasteiger partial charge in [0.25, 0.3) is 0 Å². The Morgan fingerprint density at radius 1 is 0.879 bits per heavy atom. The van der Waals surface area contributed by atoms with Crippen molar-refractivity contribution in [2.75, 3.05) is 0 Å². The number of allylic oxidation sites excluding steroid dienone is 6. The summed E-state index contributed by atoms with van der Waals surface area (Å²) in [5.41, 5.74) is 1.71. The van der Waals surface area contributed by atoms with Crippen LogP contribution in [0.5, 0.6) is 0 Å². The SMILES string of the molecule is CCC(C)C(CC1C=CC(C)CC1)CC(C)C1C=C(C)C(CC)C(CC2C=CC(C)CC2)C1. The van der Waals surface area contributed by atoms with E-state index in [1.165, 1.54) is 64.2 Å². The molecule has 10 unspecified atom stereocenters. The molecule has 33 heavy (non-hydrogen) atoms. The number of hydrogen-bond donors (Lipinski definition) is 0. The second-order valence-electron chi connectivity index (χ2n) is 12.8. The van der Waals surface area contributed by atoms with E-state index in [2.05, 4.69) is 78.8 Å². The molecule has 0 aromatic carbocycles. The van der Waals surface area contributed by atoms with E-state index in [0.29, 0.717) is 0 Å². The van der Waals surface area contributed by atoms with Gasteiger partial charge >= 0.3 is 0 Å². The summed E-state index contributed by atoms with van der Waals surface area (Å²) in [4.78, 5) is 0. The first-order valence-corrected chi connectivity index (χ1v) is 14.8. The zero-order chi connectivity index (χ0) is 24.0. The zero-order valence-corrected chi connectivity index (χ0v) is 23.2. The van der Waals surface area contributed by atoms with Crippen LogP contribution in [-0.2, 0) is 0 Å². The molecule has 0 saturated heterocycles. The van der Waals surface area contributed by atoms with Gasteiger partial charge in [0.15, 0.2) is 0 Å². The Morgan fingerprint density at radius 2 is 1.52 bits per heavy atom. The highest BCUT2D eigenvalue weighted by Gasteiger charge is 2.34. The van der Waals surface area contributed by atoms with Crippen LogP contribution in [0.1, 0.15) is 113 Å². The van der Waals surface area contributed by atoms with Crippen LogP contribution in [0.25, 0.3) is 0 Å². The van der Waals surface area contributed by atoms with E-state index in [9.17, 15) is 0 Å². The number of hydrogen-bond acceptors (Lipinski definition) is 0. The second kappa shape index (κ2) is 12.8. The predicted octanol–water partition coefficient (Wildman–Crippen LogP) is 10.3.